The van der Waals surface area contributed by atoms with Crippen LogP contribution in [0.5, 0.6) is 0 Å². The predicted octanol–water partition coefficient (Wildman–Crippen LogP) is 2.27. The topological polar surface area (TPSA) is 133 Å². The molecule has 0 atom stereocenters. The van der Waals surface area contributed by atoms with Crippen LogP contribution >= 0.6 is 0 Å². The van der Waals surface area contributed by atoms with E-state index < -0.39 is 6.09 Å². The number of nitrogens with zero attached hydrogens (tertiary/aromatic N) is 6. The van der Waals surface area contributed by atoms with Crippen molar-refractivity contribution in [1.82, 2.24) is 34.5 Å². The molecule has 11 nitrogen and oxygen atoms in total. The molecule has 1 amide bonds. The van der Waals surface area contributed by atoms with Crippen LogP contribution in [-0.4, -0.2) is 78.0 Å². The summed E-state index contributed by atoms with van der Waals surface area (Å²) in [4.78, 5) is 35.2. The minimum atomic E-state index is -0.906. The Morgan fingerprint density at radius 3 is 2.48 bits per heavy atom. The first-order valence-corrected chi connectivity index (χ1v) is 11.7. The summed E-state index contributed by atoms with van der Waals surface area (Å²) < 4.78 is 7.32. The summed E-state index contributed by atoms with van der Waals surface area (Å²) in [6.45, 7) is 3.03. The van der Waals surface area contributed by atoms with E-state index in [1.807, 2.05) is 0 Å². The lowest BCUT2D eigenvalue weighted by Gasteiger charge is -2.30. The molecule has 2 N–H and O–H groups in total. The molecule has 0 bridgehead atoms. The van der Waals surface area contributed by atoms with Gasteiger partial charge in [0.25, 0.3) is 11.4 Å². The molecule has 2 aliphatic heterocycles. The number of H-pyrrole nitrogens is 1. The lowest BCUT2D eigenvalue weighted by molar-refractivity contribution is 0.131. The molecule has 3 aromatic heterocycles. The van der Waals surface area contributed by atoms with Gasteiger partial charge in [-0.25, -0.2) is 9.31 Å². The average molecular weight is 454 g/mol. The molecule has 33 heavy (non-hydrogen) atoms. The highest BCUT2D eigenvalue weighted by Gasteiger charge is 2.34. The number of fused-ring (bicyclic) bond motifs is 1. The standard InChI is InChI=1S/C22H27N7O4/c30-18-11-17(13-3-9-28(10-4-13)22(31)32)29-20(24-18)16(12-23-29)21-25-19(26-33-21)14-5-7-27(8-6-14)15-1-2-15/h11-15H,1-10H2,(H,24,30)(H,31,32). The van der Waals surface area contributed by atoms with E-state index in [1.54, 1.807) is 16.8 Å². The Hall–Kier alpha value is -3.21. The zero-order chi connectivity index (χ0) is 22.5. The van der Waals surface area contributed by atoms with E-state index in [-0.39, 0.29) is 17.4 Å². The summed E-state index contributed by atoms with van der Waals surface area (Å²) >= 11 is 0. The quantitative estimate of drug-likeness (QED) is 0.615. The maximum absolute atomic E-state index is 12.5. The summed E-state index contributed by atoms with van der Waals surface area (Å²) in [6.07, 6.45) is 6.73. The third-order valence-corrected chi connectivity index (χ3v) is 7.35. The monoisotopic (exact) mass is 453 g/mol. The lowest BCUT2D eigenvalue weighted by Crippen LogP contribution is -2.37. The van der Waals surface area contributed by atoms with Crippen molar-refractivity contribution in [2.24, 2.45) is 0 Å². The van der Waals surface area contributed by atoms with Crippen LogP contribution in [0.2, 0.25) is 0 Å². The molecular formula is C22H27N7O4. The zero-order valence-electron chi connectivity index (χ0n) is 18.3. The van der Waals surface area contributed by atoms with Gasteiger partial charge in [-0.15, -0.1) is 0 Å². The van der Waals surface area contributed by atoms with Crippen molar-refractivity contribution < 1.29 is 14.4 Å². The predicted molar refractivity (Wildman–Crippen MR) is 117 cm³/mol. The van der Waals surface area contributed by atoms with Gasteiger partial charge in [-0.2, -0.15) is 10.1 Å². The van der Waals surface area contributed by atoms with E-state index in [9.17, 15) is 14.7 Å². The fraction of sp³-hybridized carbons (Fsp3) is 0.591. The molecule has 0 unspecified atom stereocenters. The molecule has 1 saturated carbocycles. The van der Waals surface area contributed by atoms with Crippen molar-refractivity contribution >= 4 is 11.7 Å². The molecule has 3 aliphatic rings. The van der Waals surface area contributed by atoms with Crippen LogP contribution in [0.15, 0.2) is 21.6 Å². The third-order valence-electron chi connectivity index (χ3n) is 7.35. The maximum Gasteiger partial charge on any atom is 0.407 e. The van der Waals surface area contributed by atoms with Gasteiger partial charge in [-0.1, -0.05) is 5.16 Å². The van der Waals surface area contributed by atoms with Crippen molar-refractivity contribution in [2.75, 3.05) is 26.2 Å². The number of hydrogen-bond donors (Lipinski definition) is 2. The van der Waals surface area contributed by atoms with Crippen LogP contribution in [0.1, 0.15) is 61.9 Å². The first-order chi connectivity index (χ1) is 16.1. The summed E-state index contributed by atoms with van der Waals surface area (Å²) in [7, 11) is 0. The normalized spacial score (nSPS) is 21.2. The minimum Gasteiger partial charge on any atom is -0.465 e. The number of rotatable bonds is 4. The average Bonchev–Trinajstić information content (AvgIpc) is 3.42. The van der Waals surface area contributed by atoms with Gasteiger partial charge >= 0.3 is 6.09 Å². The second-order valence-corrected chi connectivity index (χ2v) is 9.42. The molecule has 0 spiro atoms. The van der Waals surface area contributed by atoms with Crippen LogP contribution in [0, 0.1) is 0 Å². The van der Waals surface area contributed by atoms with E-state index in [0.717, 1.165) is 43.5 Å². The van der Waals surface area contributed by atoms with Gasteiger partial charge in [0.15, 0.2) is 5.82 Å². The smallest absolute Gasteiger partial charge is 0.407 e. The van der Waals surface area contributed by atoms with Gasteiger partial charge in [0.2, 0.25) is 0 Å². The number of likely N-dealkylation sites (tertiary alicyclic amines) is 2. The summed E-state index contributed by atoms with van der Waals surface area (Å²) in [5.74, 6) is 1.42. The molecule has 3 aromatic rings. The molecule has 174 valence electrons. The van der Waals surface area contributed by atoms with Crippen molar-refractivity contribution in [3.8, 4) is 11.5 Å². The molecular weight excluding hydrogens is 426 g/mol. The SMILES string of the molecule is O=C(O)N1CCC(c2cc(=O)[nH]c3c(-c4nc(C5CCN(C6CC6)CC5)no4)cnn23)CC1. The number of nitrogens with one attached hydrogen (secondary N) is 1. The van der Waals surface area contributed by atoms with Crippen LogP contribution in [0.3, 0.4) is 0 Å². The number of hydrogen-bond acceptors (Lipinski definition) is 7. The van der Waals surface area contributed by atoms with E-state index in [2.05, 4.69) is 25.1 Å². The second-order valence-electron chi connectivity index (χ2n) is 9.42. The van der Waals surface area contributed by atoms with Crippen LogP contribution < -0.4 is 5.56 Å². The second kappa shape index (κ2) is 7.98. The fourth-order valence-corrected chi connectivity index (χ4v) is 5.30. The van der Waals surface area contributed by atoms with Gasteiger partial charge in [0, 0.05) is 37.0 Å². The number of aromatic nitrogens is 5. The van der Waals surface area contributed by atoms with Crippen LogP contribution in [-0.2, 0) is 0 Å². The molecule has 2 saturated heterocycles. The number of carbonyl (C=O) groups is 1. The Bertz CT molecular complexity index is 1230. The first-order valence-electron chi connectivity index (χ1n) is 11.7. The Morgan fingerprint density at radius 1 is 1.06 bits per heavy atom. The zero-order valence-corrected chi connectivity index (χ0v) is 18.3. The van der Waals surface area contributed by atoms with Crippen molar-refractivity contribution in [3.63, 3.8) is 0 Å². The van der Waals surface area contributed by atoms with E-state index in [0.29, 0.717) is 43.0 Å². The Kier molecular flexibility index (Phi) is 4.93. The van der Waals surface area contributed by atoms with E-state index in [4.69, 9.17) is 4.52 Å². The van der Waals surface area contributed by atoms with Gasteiger partial charge in [0.05, 0.1) is 11.9 Å². The number of amides is 1. The van der Waals surface area contributed by atoms with Gasteiger partial charge < -0.3 is 24.4 Å². The van der Waals surface area contributed by atoms with Gasteiger partial charge in [-0.3, -0.25) is 4.79 Å². The lowest BCUT2D eigenvalue weighted by atomic mass is 9.93. The third kappa shape index (κ3) is 3.79. The summed E-state index contributed by atoms with van der Waals surface area (Å²) in [6, 6.07) is 2.34. The van der Waals surface area contributed by atoms with E-state index >= 15 is 0 Å². The summed E-state index contributed by atoms with van der Waals surface area (Å²) in [5.41, 5.74) is 1.67. The molecule has 6 rings (SSSR count). The first kappa shape index (κ1) is 20.4. The molecule has 5 heterocycles. The largest absolute Gasteiger partial charge is 0.465 e. The Balaban J connectivity index is 1.25. The Morgan fingerprint density at radius 2 is 1.79 bits per heavy atom. The van der Waals surface area contributed by atoms with Gasteiger partial charge in [-0.05, 0) is 51.6 Å². The fourth-order valence-electron chi connectivity index (χ4n) is 5.30. The molecule has 0 aromatic carbocycles. The van der Waals surface area contributed by atoms with Crippen molar-refractivity contribution in [1.29, 1.82) is 0 Å². The number of carboxylic acid groups (broad SMARTS) is 1. The molecule has 11 heteroatoms. The van der Waals surface area contributed by atoms with Crippen molar-refractivity contribution in [2.45, 2.75) is 56.4 Å². The minimum absolute atomic E-state index is 0.0491. The molecule has 3 fully saturated rings. The van der Waals surface area contributed by atoms with Gasteiger partial charge in [0.1, 0.15) is 11.2 Å². The number of aromatic amines is 1. The van der Waals surface area contributed by atoms with Crippen LogP contribution in [0.25, 0.3) is 17.1 Å². The molecule has 1 aliphatic carbocycles. The van der Waals surface area contributed by atoms with E-state index in [1.165, 1.54) is 17.7 Å². The maximum atomic E-state index is 12.5. The highest BCUT2D eigenvalue weighted by atomic mass is 16.5. The number of piperidine rings is 2. The summed E-state index contributed by atoms with van der Waals surface area (Å²) in [5, 5.41) is 18.0. The highest BCUT2D eigenvalue weighted by Crippen LogP contribution is 2.35. The highest BCUT2D eigenvalue weighted by molar-refractivity contribution is 5.71. The Labute approximate surface area is 189 Å². The van der Waals surface area contributed by atoms with Crippen LogP contribution in [0.4, 0.5) is 4.79 Å². The van der Waals surface area contributed by atoms with Crippen molar-refractivity contribution in [3.05, 3.63) is 34.1 Å². The molecule has 0 radical (unpaired) electrons.